The molecule has 1 atom stereocenters. The van der Waals surface area contributed by atoms with Crippen LogP contribution in [0.3, 0.4) is 0 Å². The fourth-order valence-electron chi connectivity index (χ4n) is 3.05. The highest BCUT2D eigenvalue weighted by Crippen LogP contribution is 2.23. The summed E-state index contributed by atoms with van der Waals surface area (Å²) in [6.07, 6.45) is 1.60. The van der Waals surface area contributed by atoms with Crippen molar-refractivity contribution in [2.24, 2.45) is 0 Å². The van der Waals surface area contributed by atoms with Crippen LogP contribution in [-0.2, 0) is 0 Å². The van der Waals surface area contributed by atoms with Crippen LogP contribution in [0.15, 0.2) is 48.5 Å². The number of aliphatic hydroxyl groups is 1. The van der Waals surface area contributed by atoms with E-state index in [0.29, 0.717) is 18.7 Å². The molecule has 4 N–H and O–H groups in total. The van der Waals surface area contributed by atoms with Gasteiger partial charge in [-0.1, -0.05) is 24.3 Å². The number of hydrogen-bond donors (Lipinski definition) is 4. The van der Waals surface area contributed by atoms with E-state index < -0.39 is 5.60 Å². The van der Waals surface area contributed by atoms with Crippen LogP contribution in [0, 0.1) is 0 Å². The highest BCUT2D eigenvalue weighted by Gasteiger charge is 2.29. The van der Waals surface area contributed by atoms with Gasteiger partial charge in [0.25, 0.3) is 0 Å². The van der Waals surface area contributed by atoms with Gasteiger partial charge in [-0.05, 0) is 54.8 Å². The summed E-state index contributed by atoms with van der Waals surface area (Å²) in [7, 11) is 1.64. The number of carbonyl (C=O) groups is 1. The first kappa shape index (κ1) is 18.2. The Morgan fingerprint density at radius 3 is 2.38 bits per heavy atom. The van der Waals surface area contributed by atoms with Crippen molar-refractivity contribution < 1.29 is 14.6 Å². The van der Waals surface area contributed by atoms with Gasteiger partial charge < -0.3 is 25.8 Å². The third-order valence-corrected chi connectivity index (χ3v) is 4.59. The number of β-amino-alcohol motifs (C(OH)–C–C–N with tert-alkyl or cyclic N) is 1. The Bertz CT molecular complexity index is 723. The number of nitrogens with one attached hydrogen (secondary N) is 3. The van der Waals surface area contributed by atoms with E-state index in [1.165, 1.54) is 0 Å². The maximum atomic E-state index is 12.1. The molecule has 0 radical (unpaired) electrons. The molecule has 1 fully saturated rings. The maximum absolute atomic E-state index is 12.1. The third kappa shape index (κ3) is 4.74. The van der Waals surface area contributed by atoms with E-state index in [2.05, 4.69) is 16.0 Å². The molecule has 2 amide bonds. The number of methoxy groups -OCH3 is 1. The summed E-state index contributed by atoms with van der Waals surface area (Å²) in [5.41, 5.74) is 1.97. The van der Waals surface area contributed by atoms with Crippen LogP contribution >= 0.6 is 0 Å². The fourth-order valence-corrected chi connectivity index (χ4v) is 3.05. The minimum absolute atomic E-state index is 0.232. The second-order valence-electron chi connectivity index (χ2n) is 6.62. The van der Waals surface area contributed by atoms with Crippen molar-refractivity contribution in [1.82, 2.24) is 10.6 Å². The van der Waals surface area contributed by atoms with E-state index in [4.69, 9.17) is 4.74 Å². The highest BCUT2D eigenvalue weighted by molar-refractivity contribution is 5.89. The average molecular weight is 355 g/mol. The number of ether oxygens (including phenoxy) is 1. The Balaban J connectivity index is 1.54. The summed E-state index contributed by atoms with van der Waals surface area (Å²) in [5.74, 6) is 0.818. The number of urea groups is 1. The molecule has 3 rings (SSSR count). The van der Waals surface area contributed by atoms with E-state index >= 15 is 0 Å². The van der Waals surface area contributed by atoms with Gasteiger partial charge in [0.15, 0.2) is 0 Å². The number of carbonyl (C=O) groups excluding carboxylic acids is 1. The summed E-state index contributed by atoms with van der Waals surface area (Å²) in [6, 6.07) is 15.1. The molecule has 1 saturated heterocycles. The molecule has 0 saturated carbocycles. The number of amides is 2. The van der Waals surface area contributed by atoms with Crippen LogP contribution < -0.4 is 20.7 Å². The summed E-state index contributed by atoms with van der Waals surface area (Å²) >= 11 is 0. The topological polar surface area (TPSA) is 82.6 Å². The van der Waals surface area contributed by atoms with Crippen LogP contribution in [0.2, 0.25) is 0 Å². The molecule has 6 heteroatoms. The van der Waals surface area contributed by atoms with Gasteiger partial charge in [0, 0.05) is 18.8 Å². The summed E-state index contributed by atoms with van der Waals surface area (Å²) in [4.78, 5) is 12.1. The average Bonchev–Trinajstić information content (AvgIpc) is 2.68. The lowest BCUT2D eigenvalue weighted by Gasteiger charge is -2.32. The summed E-state index contributed by atoms with van der Waals surface area (Å²) in [5, 5.41) is 19.1. The van der Waals surface area contributed by atoms with E-state index in [-0.39, 0.29) is 12.6 Å². The standard InChI is InChI=1S/C20H25N3O3/c1-26-18-9-5-16(6-10-18)15-3-7-17(8-4-15)23-19(24)22-14-20(25)11-2-12-21-13-20/h3-10,21,25H,2,11-14H2,1H3,(H2,22,23,24)/t20-/m1/s1. The molecule has 0 aliphatic carbocycles. The normalized spacial score (nSPS) is 19.6. The molecule has 0 spiro atoms. The number of piperidine rings is 1. The Kier molecular flexibility index (Phi) is 5.75. The molecule has 1 aliphatic rings. The smallest absolute Gasteiger partial charge is 0.319 e. The van der Waals surface area contributed by atoms with E-state index in [1.54, 1.807) is 7.11 Å². The van der Waals surface area contributed by atoms with Crippen LogP contribution in [-0.4, -0.2) is 43.5 Å². The maximum Gasteiger partial charge on any atom is 0.319 e. The van der Waals surface area contributed by atoms with E-state index in [9.17, 15) is 9.90 Å². The van der Waals surface area contributed by atoms with Gasteiger partial charge >= 0.3 is 6.03 Å². The zero-order valence-corrected chi connectivity index (χ0v) is 14.9. The Morgan fingerprint density at radius 2 is 1.81 bits per heavy atom. The van der Waals surface area contributed by atoms with E-state index in [1.807, 2.05) is 48.5 Å². The monoisotopic (exact) mass is 355 g/mol. The molecule has 2 aromatic carbocycles. The molecule has 0 aromatic heterocycles. The molecule has 1 heterocycles. The molecule has 1 aliphatic heterocycles. The van der Waals surface area contributed by atoms with Gasteiger partial charge in [0.05, 0.1) is 12.7 Å². The third-order valence-electron chi connectivity index (χ3n) is 4.59. The first-order valence-corrected chi connectivity index (χ1v) is 8.80. The van der Waals surface area contributed by atoms with Gasteiger partial charge in [-0.2, -0.15) is 0 Å². The first-order chi connectivity index (χ1) is 12.6. The van der Waals surface area contributed by atoms with Crippen LogP contribution in [0.4, 0.5) is 10.5 Å². The van der Waals surface area contributed by atoms with Crippen LogP contribution in [0.5, 0.6) is 5.75 Å². The van der Waals surface area contributed by atoms with Gasteiger partial charge in [0.2, 0.25) is 0 Å². The van der Waals surface area contributed by atoms with Gasteiger partial charge in [-0.25, -0.2) is 4.79 Å². The van der Waals surface area contributed by atoms with Crippen molar-refractivity contribution in [3.63, 3.8) is 0 Å². The molecule has 2 aromatic rings. The molecule has 138 valence electrons. The van der Waals surface area contributed by atoms with Crippen molar-refractivity contribution in [2.75, 3.05) is 32.1 Å². The van der Waals surface area contributed by atoms with E-state index in [0.717, 1.165) is 29.8 Å². The van der Waals surface area contributed by atoms with Gasteiger partial charge in [-0.15, -0.1) is 0 Å². The zero-order chi connectivity index (χ0) is 18.4. The Morgan fingerprint density at radius 1 is 1.15 bits per heavy atom. The molecule has 6 nitrogen and oxygen atoms in total. The van der Waals surface area contributed by atoms with Crippen LogP contribution in [0.25, 0.3) is 11.1 Å². The molecule has 0 bridgehead atoms. The lowest BCUT2D eigenvalue weighted by atomic mass is 9.94. The Labute approximate surface area is 153 Å². The predicted octanol–water partition coefficient (Wildman–Crippen LogP) is 2.60. The highest BCUT2D eigenvalue weighted by atomic mass is 16.5. The van der Waals surface area contributed by atoms with Gasteiger partial charge in [0.1, 0.15) is 5.75 Å². The zero-order valence-electron chi connectivity index (χ0n) is 14.9. The lowest BCUT2D eigenvalue weighted by Crippen LogP contribution is -2.53. The SMILES string of the molecule is COc1ccc(-c2ccc(NC(=O)NC[C@@]3(O)CCCNC3)cc2)cc1. The van der Waals surface area contributed by atoms with Crippen molar-refractivity contribution in [3.05, 3.63) is 48.5 Å². The first-order valence-electron chi connectivity index (χ1n) is 8.80. The van der Waals surface area contributed by atoms with Crippen molar-refractivity contribution in [2.45, 2.75) is 18.4 Å². The molecule has 26 heavy (non-hydrogen) atoms. The molecular formula is C20H25N3O3. The second-order valence-corrected chi connectivity index (χ2v) is 6.62. The quantitative estimate of drug-likeness (QED) is 0.664. The Hall–Kier alpha value is -2.57. The number of rotatable bonds is 5. The number of anilines is 1. The molecular weight excluding hydrogens is 330 g/mol. The van der Waals surface area contributed by atoms with Crippen molar-refractivity contribution >= 4 is 11.7 Å². The lowest BCUT2D eigenvalue weighted by molar-refractivity contribution is 0.0198. The van der Waals surface area contributed by atoms with Gasteiger partial charge in [-0.3, -0.25) is 0 Å². The minimum Gasteiger partial charge on any atom is -0.497 e. The fraction of sp³-hybridized carbons (Fsp3) is 0.350. The predicted molar refractivity (Wildman–Crippen MR) is 103 cm³/mol. The van der Waals surface area contributed by atoms with Crippen LogP contribution in [0.1, 0.15) is 12.8 Å². The van der Waals surface area contributed by atoms with Crippen molar-refractivity contribution in [1.29, 1.82) is 0 Å². The van der Waals surface area contributed by atoms with Crippen molar-refractivity contribution in [3.8, 4) is 16.9 Å². The summed E-state index contributed by atoms with van der Waals surface area (Å²) in [6.45, 7) is 1.65. The number of hydrogen-bond acceptors (Lipinski definition) is 4. The second kappa shape index (κ2) is 8.21. The molecule has 0 unspecified atom stereocenters. The minimum atomic E-state index is -0.867. The largest absolute Gasteiger partial charge is 0.497 e. The summed E-state index contributed by atoms with van der Waals surface area (Å²) < 4.78 is 5.17. The number of benzene rings is 2.